The van der Waals surface area contributed by atoms with Gasteiger partial charge < -0.3 is 15.0 Å². The third-order valence-electron chi connectivity index (χ3n) is 4.57. The van der Waals surface area contributed by atoms with Crippen LogP contribution in [0.25, 0.3) is 0 Å². The number of ether oxygens (including phenoxy) is 1. The lowest BCUT2D eigenvalue weighted by molar-refractivity contribution is 0.153. The first-order valence-corrected chi connectivity index (χ1v) is 7.61. The number of hydrogen-bond donors (Lipinski definition) is 1. The van der Waals surface area contributed by atoms with Crippen molar-refractivity contribution >= 4 is 0 Å². The molecule has 0 atom stereocenters. The Morgan fingerprint density at radius 2 is 1.90 bits per heavy atom. The molecule has 0 amide bonds. The molecular formula is C17H28N2O. The predicted octanol–water partition coefficient (Wildman–Crippen LogP) is 2.80. The van der Waals surface area contributed by atoms with Gasteiger partial charge in [0.05, 0.1) is 6.61 Å². The minimum absolute atomic E-state index is 0.365. The maximum absolute atomic E-state index is 5.19. The molecule has 0 unspecified atom stereocenters. The van der Waals surface area contributed by atoms with E-state index in [4.69, 9.17) is 4.74 Å². The summed E-state index contributed by atoms with van der Waals surface area (Å²) in [7, 11) is 6.17. The second-order valence-electron chi connectivity index (χ2n) is 6.18. The van der Waals surface area contributed by atoms with Crippen LogP contribution in [0.15, 0.2) is 24.3 Å². The molecule has 3 nitrogen and oxygen atoms in total. The first-order valence-electron chi connectivity index (χ1n) is 7.61. The second-order valence-corrected chi connectivity index (χ2v) is 6.18. The van der Waals surface area contributed by atoms with Crippen molar-refractivity contribution in [2.75, 3.05) is 27.7 Å². The quantitative estimate of drug-likeness (QED) is 0.829. The second kappa shape index (κ2) is 7.21. The molecule has 0 radical (unpaired) electrons. The van der Waals surface area contributed by atoms with Gasteiger partial charge in [-0.25, -0.2) is 0 Å². The standard InChI is InChI=1S/C17H28N2O/c1-19(2)17(9-4-5-10-17)14-18-12-15-7-6-8-16(11-15)13-20-3/h6-8,11,18H,4-5,9-10,12-14H2,1-3H3. The van der Waals surface area contributed by atoms with Gasteiger partial charge in [-0.1, -0.05) is 37.1 Å². The average molecular weight is 276 g/mol. The highest BCUT2D eigenvalue weighted by atomic mass is 16.5. The van der Waals surface area contributed by atoms with Crippen LogP contribution in [0.4, 0.5) is 0 Å². The van der Waals surface area contributed by atoms with E-state index >= 15 is 0 Å². The Morgan fingerprint density at radius 3 is 2.55 bits per heavy atom. The molecule has 0 aromatic heterocycles. The van der Waals surface area contributed by atoms with Crippen molar-refractivity contribution < 1.29 is 4.74 Å². The molecule has 1 N–H and O–H groups in total. The SMILES string of the molecule is COCc1cccc(CNCC2(N(C)C)CCCC2)c1. The molecule has 1 aliphatic carbocycles. The van der Waals surface area contributed by atoms with Crippen molar-refractivity contribution in [2.45, 2.75) is 44.4 Å². The third kappa shape index (κ3) is 3.81. The van der Waals surface area contributed by atoms with Crippen LogP contribution in [0.2, 0.25) is 0 Å². The minimum atomic E-state index is 0.365. The van der Waals surface area contributed by atoms with Crippen molar-refractivity contribution in [2.24, 2.45) is 0 Å². The zero-order valence-corrected chi connectivity index (χ0v) is 13.1. The lowest BCUT2D eigenvalue weighted by Crippen LogP contribution is -2.49. The first-order chi connectivity index (χ1) is 9.66. The molecule has 1 aromatic rings. The number of rotatable bonds is 7. The fraction of sp³-hybridized carbons (Fsp3) is 0.647. The van der Waals surface area contributed by atoms with Crippen LogP contribution in [0.3, 0.4) is 0 Å². The summed E-state index contributed by atoms with van der Waals surface area (Å²) in [6.07, 6.45) is 5.36. The summed E-state index contributed by atoms with van der Waals surface area (Å²) in [5.41, 5.74) is 2.95. The summed E-state index contributed by atoms with van der Waals surface area (Å²) in [5, 5.41) is 3.65. The molecule has 1 fully saturated rings. The molecule has 112 valence electrons. The van der Waals surface area contributed by atoms with Crippen molar-refractivity contribution in [1.82, 2.24) is 10.2 Å². The minimum Gasteiger partial charge on any atom is -0.380 e. The summed E-state index contributed by atoms with van der Waals surface area (Å²) in [6.45, 7) is 2.71. The molecule has 1 aliphatic rings. The zero-order valence-electron chi connectivity index (χ0n) is 13.1. The van der Waals surface area contributed by atoms with Crippen LogP contribution in [-0.2, 0) is 17.9 Å². The Kier molecular flexibility index (Phi) is 5.58. The average Bonchev–Trinajstić information content (AvgIpc) is 2.90. The smallest absolute Gasteiger partial charge is 0.0713 e. The maximum atomic E-state index is 5.19. The molecule has 2 rings (SSSR count). The number of hydrogen-bond acceptors (Lipinski definition) is 3. The van der Waals surface area contributed by atoms with Gasteiger partial charge in [0, 0.05) is 25.7 Å². The van der Waals surface area contributed by atoms with Gasteiger partial charge in [-0.2, -0.15) is 0 Å². The molecule has 1 saturated carbocycles. The van der Waals surface area contributed by atoms with E-state index in [1.165, 1.54) is 36.8 Å². The predicted molar refractivity (Wildman–Crippen MR) is 83.7 cm³/mol. The summed E-state index contributed by atoms with van der Waals surface area (Å²) < 4.78 is 5.19. The first kappa shape index (κ1) is 15.5. The van der Waals surface area contributed by atoms with Crippen molar-refractivity contribution in [3.8, 4) is 0 Å². The Balaban J connectivity index is 1.87. The van der Waals surface area contributed by atoms with Gasteiger partial charge in [0.1, 0.15) is 0 Å². The Hall–Kier alpha value is -0.900. The number of nitrogens with one attached hydrogen (secondary N) is 1. The lowest BCUT2D eigenvalue weighted by Gasteiger charge is -2.36. The van der Waals surface area contributed by atoms with Crippen molar-refractivity contribution in [1.29, 1.82) is 0 Å². The fourth-order valence-electron chi connectivity index (χ4n) is 3.25. The van der Waals surface area contributed by atoms with E-state index in [1.54, 1.807) is 7.11 Å². The van der Waals surface area contributed by atoms with Gasteiger partial charge >= 0.3 is 0 Å². The van der Waals surface area contributed by atoms with Crippen LogP contribution in [0.5, 0.6) is 0 Å². The molecule has 0 bridgehead atoms. The van der Waals surface area contributed by atoms with Crippen molar-refractivity contribution in [3.05, 3.63) is 35.4 Å². The molecule has 0 saturated heterocycles. The topological polar surface area (TPSA) is 24.5 Å². The summed E-state index contributed by atoms with van der Waals surface area (Å²) in [4.78, 5) is 2.41. The van der Waals surface area contributed by atoms with Crippen LogP contribution >= 0.6 is 0 Å². The number of nitrogens with zero attached hydrogens (tertiary/aromatic N) is 1. The van der Waals surface area contributed by atoms with Crippen LogP contribution in [-0.4, -0.2) is 38.2 Å². The van der Waals surface area contributed by atoms with Gasteiger partial charge in [0.25, 0.3) is 0 Å². The Morgan fingerprint density at radius 1 is 1.20 bits per heavy atom. The third-order valence-corrected chi connectivity index (χ3v) is 4.57. The summed E-state index contributed by atoms with van der Waals surface area (Å²) >= 11 is 0. The van der Waals surface area contributed by atoms with Gasteiger partial charge in [0.2, 0.25) is 0 Å². The number of methoxy groups -OCH3 is 1. The van der Waals surface area contributed by atoms with Gasteiger partial charge in [-0.05, 0) is 38.1 Å². The summed E-state index contributed by atoms with van der Waals surface area (Å²) in [6, 6.07) is 8.64. The Labute approximate surface area is 123 Å². The van der Waals surface area contributed by atoms with E-state index < -0.39 is 0 Å². The highest BCUT2D eigenvalue weighted by Gasteiger charge is 2.35. The normalized spacial score (nSPS) is 17.8. The molecule has 0 spiro atoms. The van der Waals surface area contributed by atoms with Crippen LogP contribution < -0.4 is 5.32 Å². The van der Waals surface area contributed by atoms with Crippen LogP contribution in [0.1, 0.15) is 36.8 Å². The molecule has 20 heavy (non-hydrogen) atoms. The van der Waals surface area contributed by atoms with Gasteiger partial charge in [-0.3, -0.25) is 0 Å². The molecule has 0 heterocycles. The van der Waals surface area contributed by atoms with Gasteiger partial charge in [-0.15, -0.1) is 0 Å². The number of likely N-dealkylation sites (N-methyl/N-ethyl adjacent to an activating group) is 1. The van der Waals surface area contributed by atoms with E-state index in [2.05, 4.69) is 48.6 Å². The Bertz CT molecular complexity index is 411. The maximum Gasteiger partial charge on any atom is 0.0713 e. The zero-order chi connectivity index (χ0) is 14.4. The van der Waals surface area contributed by atoms with E-state index in [0.29, 0.717) is 12.1 Å². The largest absolute Gasteiger partial charge is 0.380 e. The van der Waals surface area contributed by atoms with E-state index in [0.717, 1.165) is 13.1 Å². The highest BCUT2D eigenvalue weighted by Crippen LogP contribution is 2.33. The number of benzene rings is 1. The molecular weight excluding hydrogens is 248 g/mol. The fourth-order valence-corrected chi connectivity index (χ4v) is 3.25. The summed E-state index contributed by atoms with van der Waals surface area (Å²) in [5.74, 6) is 0. The van der Waals surface area contributed by atoms with E-state index in [9.17, 15) is 0 Å². The van der Waals surface area contributed by atoms with E-state index in [1.807, 2.05) is 0 Å². The molecule has 0 aliphatic heterocycles. The monoisotopic (exact) mass is 276 g/mol. The molecule has 3 heteroatoms. The lowest BCUT2D eigenvalue weighted by atomic mass is 9.96. The van der Waals surface area contributed by atoms with Crippen LogP contribution in [0, 0.1) is 0 Å². The van der Waals surface area contributed by atoms with E-state index in [-0.39, 0.29) is 0 Å². The van der Waals surface area contributed by atoms with Gasteiger partial charge in [0.15, 0.2) is 0 Å². The highest BCUT2D eigenvalue weighted by molar-refractivity contribution is 5.22. The molecule has 1 aromatic carbocycles. The van der Waals surface area contributed by atoms with Crippen molar-refractivity contribution in [3.63, 3.8) is 0 Å².